The average Bonchev–Trinajstić information content (AvgIpc) is 2.43. The summed E-state index contributed by atoms with van der Waals surface area (Å²) in [5.41, 5.74) is 1.35. The van der Waals surface area contributed by atoms with Gasteiger partial charge in [-0.15, -0.1) is 0 Å². The van der Waals surface area contributed by atoms with Crippen LogP contribution in [0.2, 0.25) is 0 Å². The van der Waals surface area contributed by atoms with Crippen LogP contribution in [0.5, 0.6) is 0 Å². The van der Waals surface area contributed by atoms with Crippen molar-refractivity contribution < 1.29 is 19.1 Å². The van der Waals surface area contributed by atoms with E-state index >= 15 is 0 Å². The molecule has 0 unspecified atom stereocenters. The minimum Gasteiger partial charge on any atom is -0.478 e. The van der Waals surface area contributed by atoms with Crippen molar-refractivity contribution in [3.63, 3.8) is 0 Å². The van der Waals surface area contributed by atoms with E-state index in [1.54, 1.807) is 19.1 Å². The molecule has 2 N–H and O–H groups in total. The monoisotopic (exact) mass is 351 g/mol. The molecule has 2 aromatic rings. The molecule has 0 atom stereocenters. The van der Waals surface area contributed by atoms with Gasteiger partial charge in [0, 0.05) is 11.3 Å². The predicted molar refractivity (Wildman–Crippen MR) is 80.2 cm³/mol. The third-order valence-electron chi connectivity index (χ3n) is 2.91. The maximum atomic E-state index is 13.1. The van der Waals surface area contributed by atoms with Crippen LogP contribution in [-0.4, -0.2) is 17.0 Å². The van der Waals surface area contributed by atoms with Crippen LogP contribution in [0.4, 0.5) is 10.1 Å². The lowest BCUT2D eigenvalue weighted by Crippen LogP contribution is -2.13. The van der Waals surface area contributed by atoms with Gasteiger partial charge in [0.2, 0.25) is 0 Å². The number of rotatable bonds is 3. The SMILES string of the molecule is Cc1ccc(NC(=O)c2ccc(F)c(Br)c2)cc1C(=O)O. The number of hydrogen-bond acceptors (Lipinski definition) is 2. The summed E-state index contributed by atoms with van der Waals surface area (Å²) in [6.45, 7) is 1.67. The highest BCUT2D eigenvalue weighted by molar-refractivity contribution is 9.10. The van der Waals surface area contributed by atoms with Crippen LogP contribution in [0.3, 0.4) is 0 Å². The number of benzene rings is 2. The quantitative estimate of drug-likeness (QED) is 0.882. The van der Waals surface area contributed by atoms with Crippen molar-refractivity contribution in [1.82, 2.24) is 0 Å². The summed E-state index contributed by atoms with van der Waals surface area (Å²) in [4.78, 5) is 23.1. The molecule has 0 heterocycles. The molecule has 0 aliphatic carbocycles. The summed E-state index contributed by atoms with van der Waals surface area (Å²) in [5, 5.41) is 11.6. The molecule has 1 amide bonds. The largest absolute Gasteiger partial charge is 0.478 e. The number of carboxylic acids is 1. The predicted octanol–water partition coefficient (Wildman–Crippen LogP) is 3.85. The third kappa shape index (κ3) is 3.46. The van der Waals surface area contributed by atoms with Crippen molar-refractivity contribution in [2.24, 2.45) is 0 Å². The summed E-state index contributed by atoms with van der Waals surface area (Å²) in [7, 11) is 0. The Kier molecular flexibility index (Phi) is 4.37. The normalized spacial score (nSPS) is 10.2. The number of amides is 1. The highest BCUT2D eigenvalue weighted by atomic mass is 79.9. The molecule has 0 saturated carbocycles. The molecule has 21 heavy (non-hydrogen) atoms. The van der Waals surface area contributed by atoms with Crippen LogP contribution in [-0.2, 0) is 0 Å². The zero-order valence-electron chi connectivity index (χ0n) is 11.0. The number of halogens is 2. The Hall–Kier alpha value is -2.21. The van der Waals surface area contributed by atoms with E-state index in [0.29, 0.717) is 11.3 Å². The highest BCUT2D eigenvalue weighted by Crippen LogP contribution is 2.19. The third-order valence-corrected chi connectivity index (χ3v) is 3.52. The fourth-order valence-corrected chi connectivity index (χ4v) is 2.15. The highest BCUT2D eigenvalue weighted by Gasteiger charge is 2.12. The van der Waals surface area contributed by atoms with E-state index in [1.165, 1.54) is 24.3 Å². The fraction of sp³-hybridized carbons (Fsp3) is 0.0667. The maximum Gasteiger partial charge on any atom is 0.336 e. The molecular weight excluding hydrogens is 341 g/mol. The number of nitrogens with one attached hydrogen (secondary N) is 1. The van der Waals surface area contributed by atoms with Gasteiger partial charge in [0.05, 0.1) is 10.0 Å². The van der Waals surface area contributed by atoms with Crippen molar-refractivity contribution in [3.8, 4) is 0 Å². The van der Waals surface area contributed by atoms with E-state index in [1.807, 2.05) is 0 Å². The Morgan fingerprint density at radius 1 is 1.19 bits per heavy atom. The summed E-state index contributed by atoms with van der Waals surface area (Å²) in [6.07, 6.45) is 0. The molecule has 0 saturated heterocycles. The van der Waals surface area contributed by atoms with Crippen molar-refractivity contribution in [3.05, 3.63) is 63.4 Å². The van der Waals surface area contributed by atoms with E-state index in [9.17, 15) is 14.0 Å². The number of carbonyl (C=O) groups excluding carboxylic acids is 1. The number of aromatic carboxylic acids is 1. The summed E-state index contributed by atoms with van der Waals surface area (Å²) in [6, 6.07) is 8.49. The lowest BCUT2D eigenvalue weighted by Gasteiger charge is -2.08. The molecule has 4 nitrogen and oxygen atoms in total. The molecule has 108 valence electrons. The van der Waals surface area contributed by atoms with E-state index < -0.39 is 17.7 Å². The lowest BCUT2D eigenvalue weighted by atomic mass is 10.1. The van der Waals surface area contributed by atoms with Gasteiger partial charge in [0.25, 0.3) is 5.91 Å². The summed E-state index contributed by atoms with van der Waals surface area (Å²) < 4.78 is 13.3. The van der Waals surface area contributed by atoms with E-state index in [0.717, 1.165) is 0 Å². The van der Waals surface area contributed by atoms with Crippen LogP contribution in [0.25, 0.3) is 0 Å². The minimum absolute atomic E-state index is 0.119. The molecule has 2 rings (SSSR count). The second-order valence-corrected chi connectivity index (χ2v) is 5.27. The fourth-order valence-electron chi connectivity index (χ4n) is 1.77. The molecule has 0 bridgehead atoms. The minimum atomic E-state index is -1.06. The Balaban J connectivity index is 2.25. The smallest absolute Gasteiger partial charge is 0.336 e. The van der Waals surface area contributed by atoms with Gasteiger partial charge < -0.3 is 10.4 Å². The molecule has 0 aromatic heterocycles. The van der Waals surface area contributed by atoms with Crippen molar-refractivity contribution >= 4 is 33.5 Å². The molecule has 0 aliphatic heterocycles. The summed E-state index contributed by atoms with van der Waals surface area (Å²) in [5.74, 6) is -1.97. The average molecular weight is 352 g/mol. The molecule has 2 aromatic carbocycles. The van der Waals surface area contributed by atoms with Crippen LogP contribution in [0.1, 0.15) is 26.3 Å². The van der Waals surface area contributed by atoms with Gasteiger partial charge >= 0.3 is 5.97 Å². The van der Waals surface area contributed by atoms with Crippen molar-refractivity contribution in [1.29, 1.82) is 0 Å². The standard InChI is InChI=1S/C15H11BrFNO3/c1-8-2-4-10(7-11(8)15(20)21)18-14(19)9-3-5-13(17)12(16)6-9/h2-7H,1H3,(H,18,19)(H,20,21). The number of anilines is 1. The van der Waals surface area contributed by atoms with Crippen LogP contribution in [0, 0.1) is 12.7 Å². The van der Waals surface area contributed by atoms with Gasteiger partial charge in [0.1, 0.15) is 5.82 Å². The first-order chi connectivity index (χ1) is 9.88. The van der Waals surface area contributed by atoms with E-state index in [4.69, 9.17) is 5.11 Å². The van der Waals surface area contributed by atoms with E-state index in [-0.39, 0.29) is 15.6 Å². The lowest BCUT2D eigenvalue weighted by molar-refractivity contribution is 0.0695. The van der Waals surface area contributed by atoms with Gasteiger partial charge in [-0.3, -0.25) is 4.79 Å². The van der Waals surface area contributed by atoms with Crippen LogP contribution < -0.4 is 5.32 Å². The Morgan fingerprint density at radius 3 is 2.52 bits per heavy atom. The Labute approximate surface area is 128 Å². The number of carbonyl (C=O) groups is 2. The van der Waals surface area contributed by atoms with Crippen molar-refractivity contribution in [2.75, 3.05) is 5.32 Å². The number of hydrogen-bond donors (Lipinski definition) is 2. The first-order valence-corrected chi connectivity index (χ1v) is 6.78. The van der Waals surface area contributed by atoms with Gasteiger partial charge in [-0.25, -0.2) is 9.18 Å². The second-order valence-electron chi connectivity index (χ2n) is 4.42. The molecular formula is C15H11BrFNO3. The topological polar surface area (TPSA) is 66.4 Å². The first kappa shape index (κ1) is 15.2. The maximum absolute atomic E-state index is 13.1. The zero-order valence-corrected chi connectivity index (χ0v) is 12.6. The molecule has 0 spiro atoms. The Morgan fingerprint density at radius 2 is 1.90 bits per heavy atom. The summed E-state index contributed by atoms with van der Waals surface area (Å²) >= 11 is 3.01. The van der Waals surface area contributed by atoms with E-state index in [2.05, 4.69) is 21.2 Å². The van der Waals surface area contributed by atoms with Crippen molar-refractivity contribution in [2.45, 2.75) is 6.92 Å². The van der Waals surface area contributed by atoms with Gasteiger partial charge in [-0.05, 0) is 58.7 Å². The molecule has 0 aliphatic rings. The van der Waals surface area contributed by atoms with Crippen LogP contribution in [0.15, 0.2) is 40.9 Å². The first-order valence-electron chi connectivity index (χ1n) is 5.99. The van der Waals surface area contributed by atoms with Crippen LogP contribution >= 0.6 is 15.9 Å². The second kappa shape index (κ2) is 6.05. The Bertz CT molecular complexity index is 731. The number of carboxylic acid groups (broad SMARTS) is 1. The molecule has 0 radical (unpaired) electrons. The molecule has 6 heteroatoms. The zero-order chi connectivity index (χ0) is 15.6. The van der Waals surface area contributed by atoms with Gasteiger partial charge in [0.15, 0.2) is 0 Å². The van der Waals surface area contributed by atoms with Gasteiger partial charge in [-0.2, -0.15) is 0 Å². The van der Waals surface area contributed by atoms with Gasteiger partial charge in [-0.1, -0.05) is 6.07 Å². The number of aryl methyl sites for hydroxylation is 1. The molecule has 0 fully saturated rings.